The van der Waals surface area contributed by atoms with Crippen molar-refractivity contribution >= 4 is 11.7 Å². The van der Waals surface area contributed by atoms with Crippen molar-refractivity contribution in [2.75, 3.05) is 25.1 Å². The van der Waals surface area contributed by atoms with E-state index in [9.17, 15) is 13.2 Å². The van der Waals surface area contributed by atoms with E-state index in [0.717, 1.165) is 12.1 Å². The molecule has 1 heterocycles. The molecule has 0 unspecified atom stereocenters. The number of likely N-dealkylation sites (N-methyl/N-ethyl adjacent to an activating group) is 1. The summed E-state index contributed by atoms with van der Waals surface area (Å²) in [5.41, 5.74) is 5.20. The molecule has 0 saturated carbocycles. The van der Waals surface area contributed by atoms with Crippen molar-refractivity contribution in [3.8, 4) is 0 Å². The van der Waals surface area contributed by atoms with E-state index in [1.54, 1.807) is 18.0 Å². The monoisotopic (exact) mass is 273 g/mol. The summed E-state index contributed by atoms with van der Waals surface area (Å²) < 4.78 is 42.8. The fourth-order valence-corrected chi connectivity index (χ4v) is 1.87. The van der Waals surface area contributed by atoms with Gasteiger partial charge in [-0.15, -0.1) is 0 Å². The molecule has 7 heteroatoms. The first-order chi connectivity index (χ1) is 8.86. The van der Waals surface area contributed by atoms with Crippen molar-refractivity contribution in [3.05, 3.63) is 29.8 Å². The number of ether oxygens (including phenoxy) is 1. The highest BCUT2D eigenvalue weighted by Crippen LogP contribution is 2.31. The number of hydrogen-bond acceptors (Lipinski definition) is 4. The van der Waals surface area contributed by atoms with Gasteiger partial charge in [0.15, 0.2) is 0 Å². The third-order valence-corrected chi connectivity index (χ3v) is 2.83. The highest BCUT2D eigenvalue weighted by Gasteiger charge is 2.30. The standard InChI is InChI=1S/C12H14F3N3O/c1-18(6-9-7-19-11(16)17-9)10-4-2-3-8(5-10)12(13,14)15/h2-5,9H,6-7H2,1H3,(H2,16,17)/t9-/m0/s1. The first-order valence-corrected chi connectivity index (χ1v) is 5.71. The lowest BCUT2D eigenvalue weighted by atomic mass is 10.1. The molecule has 1 aliphatic rings. The number of nitrogens with zero attached hydrogens (tertiary/aromatic N) is 2. The molecule has 0 radical (unpaired) electrons. The minimum Gasteiger partial charge on any atom is -0.463 e. The smallest absolute Gasteiger partial charge is 0.416 e. The summed E-state index contributed by atoms with van der Waals surface area (Å²) in [5.74, 6) is 0. The van der Waals surface area contributed by atoms with Gasteiger partial charge in [-0.1, -0.05) is 6.07 Å². The molecule has 2 N–H and O–H groups in total. The Hall–Kier alpha value is -1.92. The lowest BCUT2D eigenvalue weighted by Gasteiger charge is -2.22. The minimum absolute atomic E-state index is 0.127. The first-order valence-electron chi connectivity index (χ1n) is 5.71. The van der Waals surface area contributed by atoms with Crippen LogP contribution in [0.4, 0.5) is 18.9 Å². The van der Waals surface area contributed by atoms with Crippen LogP contribution in [0.5, 0.6) is 0 Å². The topological polar surface area (TPSA) is 50.9 Å². The number of amidine groups is 1. The molecule has 0 bridgehead atoms. The lowest BCUT2D eigenvalue weighted by Crippen LogP contribution is -2.29. The fraction of sp³-hybridized carbons (Fsp3) is 0.417. The van der Waals surface area contributed by atoms with Crippen molar-refractivity contribution < 1.29 is 17.9 Å². The predicted octanol–water partition coefficient (Wildman–Crippen LogP) is 1.86. The van der Waals surface area contributed by atoms with Gasteiger partial charge in [-0.05, 0) is 18.2 Å². The van der Waals surface area contributed by atoms with Crippen LogP contribution in [-0.4, -0.2) is 32.3 Å². The van der Waals surface area contributed by atoms with Crippen molar-refractivity contribution in [1.82, 2.24) is 0 Å². The SMILES string of the molecule is CN(C[C@H]1COC(N)=N1)c1cccc(C(F)(F)F)c1. The van der Waals surface area contributed by atoms with Gasteiger partial charge in [-0.2, -0.15) is 13.2 Å². The molecule has 1 aromatic rings. The van der Waals surface area contributed by atoms with Gasteiger partial charge >= 0.3 is 6.18 Å². The van der Waals surface area contributed by atoms with E-state index < -0.39 is 11.7 Å². The van der Waals surface area contributed by atoms with Crippen molar-refractivity contribution in [2.24, 2.45) is 10.7 Å². The number of halogens is 3. The number of rotatable bonds is 3. The number of anilines is 1. The molecule has 0 spiro atoms. The molecular weight excluding hydrogens is 259 g/mol. The Labute approximate surface area is 108 Å². The van der Waals surface area contributed by atoms with Crippen LogP contribution in [0.3, 0.4) is 0 Å². The Morgan fingerprint density at radius 1 is 1.47 bits per heavy atom. The quantitative estimate of drug-likeness (QED) is 0.914. The molecule has 1 atom stereocenters. The van der Waals surface area contributed by atoms with Crippen molar-refractivity contribution in [1.29, 1.82) is 0 Å². The van der Waals surface area contributed by atoms with Crippen LogP contribution in [0.1, 0.15) is 5.56 Å². The predicted molar refractivity (Wildman–Crippen MR) is 66.1 cm³/mol. The number of aliphatic imine (C=N–C) groups is 1. The zero-order chi connectivity index (χ0) is 14.0. The van der Waals surface area contributed by atoms with E-state index in [0.29, 0.717) is 18.8 Å². The van der Waals surface area contributed by atoms with E-state index in [1.807, 2.05) is 0 Å². The fourth-order valence-electron chi connectivity index (χ4n) is 1.87. The average Bonchev–Trinajstić information content (AvgIpc) is 2.74. The molecule has 0 amide bonds. The molecule has 1 aliphatic heterocycles. The van der Waals surface area contributed by atoms with E-state index in [1.165, 1.54) is 6.07 Å². The van der Waals surface area contributed by atoms with E-state index in [-0.39, 0.29) is 12.1 Å². The maximum absolute atomic E-state index is 12.6. The number of benzene rings is 1. The molecule has 4 nitrogen and oxygen atoms in total. The molecule has 0 aromatic heterocycles. The van der Waals surface area contributed by atoms with Gasteiger partial charge in [0.25, 0.3) is 6.02 Å². The third kappa shape index (κ3) is 3.30. The Kier molecular flexibility index (Phi) is 3.55. The molecular formula is C12H14F3N3O. The summed E-state index contributed by atoms with van der Waals surface area (Å²) in [4.78, 5) is 5.73. The summed E-state index contributed by atoms with van der Waals surface area (Å²) in [6.07, 6.45) is -4.34. The normalized spacial score (nSPS) is 18.9. The Balaban J connectivity index is 2.09. The largest absolute Gasteiger partial charge is 0.463 e. The van der Waals surface area contributed by atoms with Crippen molar-refractivity contribution in [2.45, 2.75) is 12.2 Å². The summed E-state index contributed by atoms with van der Waals surface area (Å²) in [6.45, 7) is 0.803. The summed E-state index contributed by atoms with van der Waals surface area (Å²) in [6, 6.07) is 5.15. The molecule has 1 aromatic carbocycles. The molecule has 104 valence electrons. The second-order valence-electron chi connectivity index (χ2n) is 4.36. The van der Waals surface area contributed by atoms with Crippen LogP contribution >= 0.6 is 0 Å². The summed E-state index contributed by atoms with van der Waals surface area (Å²) >= 11 is 0. The molecule has 19 heavy (non-hydrogen) atoms. The summed E-state index contributed by atoms with van der Waals surface area (Å²) in [5, 5.41) is 0. The van der Waals surface area contributed by atoms with Crippen LogP contribution in [0, 0.1) is 0 Å². The molecule has 2 rings (SSSR count). The lowest BCUT2D eigenvalue weighted by molar-refractivity contribution is -0.137. The zero-order valence-corrected chi connectivity index (χ0v) is 10.3. The maximum atomic E-state index is 12.6. The Morgan fingerprint density at radius 2 is 2.21 bits per heavy atom. The van der Waals surface area contributed by atoms with Crippen molar-refractivity contribution in [3.63, 3.8) is 0 Å². The van der Waals surface area contributed by atoms with Gasteiger partial charge in [-0.25, -0.2) is 4.99 Å². The first kappa shape index (κ1) is 13.5. The van der Waals surface area contributed by atoms with E-state index in [4.69, 9.17) is 10.5 Å². The van der Waals surface area contributed by atoms with E-state index >= 15 is 0 Å². The van der Waals surface area contributed by atoms with Crippen LogP contribution < -0.4 is 10.6 Å². The number of hydrogen-bond donors (Lipinski definition) is 1. The van der Waals surface area contributed by atoms with E-state index in [2.05, 4.69) is 4.99 Å². The van der Waals surface area contributed by atoms with Gasteiger partial charge in [0.2, 0.25) is 0 Å². The second kappa shape index (κ2) is 4.99. The van der Waals surface area contributed by atoms with Gasteiger partial charge in [-0.3, -0.25) is 0 Å². The highest BCUT2D eigenvalue weighted by molar-refractivity contribution is 5.73. The van der Waals surface area contributed by atoms with Gasteiger partial charge in [0, 0.05) is 19.3 Å². The van der Waals surface area contributed by atoms with Gasteiger partial charge in [0.05, 0.1) is 5.56 Å². The van der Waals surface area contributed by atoms with Gasteiger partial charge < -0.3 is 15.4 Å². The molecule has 0 aliphatic carbocycles. The average molecular weight is 273 g/mol. The molecule has 0 saturated heterocycles. The van der Waals surface area contributed by atoms with Crippen LogP contribution in [0.2, 0.25) is 0 Å². The van der Waals surface area contributed by atoms with Crippen LogP contribution in [0.15, 0.2) is 29.3 Å². The number of nitrogens with two attached hydrogens (primary N) is 1. The third-order valence-electron chi connectivity index (χ3n) is 2.83. The Bertz CT molecular complexity index is 487. The second-order valence-corrected chi connectivity index (χ2v) is 4.36. The minimum atomic E-state index is -4.34. The highest BCUT2D eigenvalue weighted by atomic mass is 19.4. The van der Waals surface area contributed by atoms with Crippen LogP contribution in [0.25, 0.3) is 0 Å². The Morgan fingerprint density at radius 3 is 2.79 bits per heavy atom. The summed E-state index contributed by atoms with van der Waals surface area (Å²) in [7, 11) is 1.71. The maximum Gasteiger partial charge on any atom is 0.416 e. The van der Waals surface area contributed by atoms with Gasteiger partial charge in [0.1, 0.15) is 12.6 Å². The number of alkyl halides is 3. The zero-order valence-electron chi connectivity index (χ0n) is 10.3. The van der Waals surface area contributed by atoms with Crippen LogP contribution in [-0.2, 0) is 10.9 Å². The molecule has 0 fully saturated rings.